The van der Waals surface area contributed by atoms with E-state index in [1.807, 2.05) is 13.8 Å². The molecular weight excluding hydrogens is 386 g/mol. The molecule has 0 aliphatic carbocycles. The predicted molar refractivity (Wildman–Crippen MR) is 102 cm³/mol. The van der Waals surface area contributed by atoms with E-state index in [2.05, 4.69) is 0 Å². The average Bonchev–Trinajstić information content (AvgIpc) is 2.96. The highest BCUT2D eigenvalue weighted by molar-refractivity contribution is 7.90. The number of rotatable bonds is 5. The summed E-state index contributed by atoms with van der Waals surface area (Å²) < 4.78 is 56.7. The maximum absolute atomic E-state index is 13.8. The number of ketones is 1. The first kappa shape index (κ1) is 20.2. The van der Waals surface area contributed by atoms with Crippen molar-refractivity contribution >= 4 is 27.0 Å². The molecule has 0 fully saturated rings. The van der Waals surface area contributed by atoms with Crippen molar-refractivity contribution in [2.45, 2.75) is 37.2 Å². The van der Waals surface area contributed by atoms with Crippen molar-refractivity contribution in [2.75, 3.05) is 6.26 Å². The summed E-state index contributed by atoms with van der Waals surface area (Å²) in [6.45, 7) is 3.64. The van der Waals surface area contributed by atoms with E-state index in [-0.39, 0.29) is 27.6 Å². The van der Waals surface area contributed by atoms with E-state index in [1.54, 1.807) is 12.1 Å². The second kappa shape index (κ2) is 7.13. The van der Waals surface area contributed by atoms with Crippen molar-refractivity contribution < 1.29 is 26.7 Å². The fourth-order valence-electron chi connectivity index (χ4n) is 3.31. The van der Waals surface area contributed by atoms with Gasteiger partial charge in [0.15, 0.2) is 27.1 Å². The van der Waals surface area contributed by atoms with Crippen LogP contribution >= 0.6 is 0 Å². The third kappa shape index (κ3) is 3.35. The maximum atomic E-state index is 13.8. The zero-order valence-corrected chi connectivity index (χ0v) is 16.6. The summed E-state index contributed by atoms with van der Waals surface area (Å²) in [6.07, 6.45) is 1.91. The first-order chi connectivity index (χ1) is 13.1. The molecule has 2 aromatic rings. The van der Waals surface area contributed by atoms with Crippen LogP contribution in [0.25, 0.3) is 11.3 Å². The van der Waals surface area contributed by atoms with Crippen LogP contribution in [0.1, 0.15) is 37.8 Å². The Morgan fingerprint density at radius 3 is 2.00 bits per heavy atom. The van der Waals surface area contributed by atoms with Gasteiger partial charge in [-0.3, -0.25) is 4.79 Å². The van der Waals surface area contributed by atoms with Gasteiger partial charge < -0.3 is 4.74 Å². The topological polar surface area (TPSA) is 60.4 Å². The van der Waals surface area contributed by atoms with Gasteiger partial charge in [-0.05, 0) is 54.8 Å². The normalized spacial score (nSPS) is 16.4. The van der Waals surface area contributed by atoms with Gasteiger partial charge in [0.1, 0.15) is 5.76 Å². The Balaban J connectivity index is 2.20. The second-order valence-electron chi connectivity index (χ2n) is 6.76. The van der Waals surface area contributed by atoms with Gasteiger partial charge in [0.05, 0.1) is 10.5 Å². The quantitative estimate of drug-likeness (QED) is 0.739. The summed E-state index contributed by atoms with van der Waals surface area (Å²) in [6, 6.07) is 9.20. The molecule has 148 valence electrons. The molecule has 0 aromatic heterocycles. The van der Waals surface area contributed by atoms with E-state index in [0.29, 0.717) is 18.4 Å². The lowest BCUT2D eigenvalue weighted by molar-refractivity contribution is -0.128. The summed E-state index contributed by atoms with van der Waals surface area (Å²) in [5.41, 5.74) is -0.223. The van der Waals surface area contributed by atoms with E-state index in [1.165, 1.54) is 18.2 Å². The first-order valence-corrected chi connectivity index (χ1v) is 10.8. The number of carbonyl (C=O) groups excluding carboxylic acids is 1. The molecule has 0 radical (unpaired) electrons. The summed E-state index contributed by atoms with van der Waals surface area (Å²) in [4.78, 5) is 13.3. The lowest BCUT2D eigenvalue weighted by atomic mass is 9.86. The maximum Gasteiger partial charge on any atom is 0.210 e. The summed E-state index contributed by atoms with van der Waals surface area (Å²) >= 11 is 0. The monoisotopic (exact) mass is 406 g/mol. The van der Waals surface area contributed by atoms with E-state index in [9.17, 15) is 22.0 Å². The van der Waals surface area contributed by atoms with E-state index in [4.69, 9.17) is 4.74 Å². The Bertz CT molecular complexity index is 1070. The number of hydrogen-bond donors (Lipinski definition) is 0. The molecule has 0 N–H and O–H groups in total. The molecule has 0 bridgehead atoms. The second-order valence-corrected chi connectivity index (χ2v) is 8.78. The summed E-state index contributed by atoms with van der Waals surface area (Å²) in [5.74, 6) is -2.13. The lowest BCUT2D eigenvalue weighted by Crippen LogP contribution is -2.35. The van der Waals surface area contributed by atoms with Gasteiger partial charge in [0.25, 0.3) is 0 Å². The van der Waals surface area contributed by atoms with E-state index < -0.39 is 27.1 Å². The Hall–Kier alpha value is -2.54. The predicted octanol–water partition coefficient (Wildman–Crippen LogP) is 4.39. The fourth-order valence-corrected chi connectivity index (χ4v) is 3.94. The van der Waals surface area contributed by atoms with Crippen molar-refractivity contribution in [2.24, 2.45) is 0 Å². The molecule has 1 aliphatic heterocycles. The Morgan fingerprint density at radius 2 is 1.50 bits per heavy atom. The Kier molecular flexibility index (Phi) is 5.14. The molecule has 1 aliphatic rings. The van der Waals surface area contributed by atoms with Crippen LogP contribution in [0.3, 0.4) is 0 Å². The van der Waals surface area contributed by atoms with Crippen molar-refractivity contribution in [3.63, 3.8) is 0 Å². The van der Waals surface area contributed by atoms with Crippen molar-refractivity contribution in [3.05, 3.63) is 65.2 Å². The molecule has 0 saturated carbocycles. The van der Waals surface area contributed by atoms with E-state index in [0.717, 1.165) is 18.4 Å². The number of halogens is 2. The highest BCUT2D eigenvalue weighted by Gasteiger charge is 2.47. The number of Topliss-reactive ketones (excluding diaryl/α,β-unsaturated/α-hetero) is 1. The third-order valence-electron chi connectivity index (χ3n) is 5.06. The molecule has 0 saturated heterocycles. The highest BCUT2D eigenvalue weighted by atomic mass is 32.2. The number of hydrogen-bond acceptors (Lipinski definition) is 4. The van der Waals surface area contributed by atoms with Gasteiger partial charge in [-0.1, -0.05) is 19.9 Å². The van der Waals surface area contributed by atoms with Gasteiger partial charge >= 0.3 is 0 Å². The van der Waals surface area contributed by atoms with Gasteiger partial charge in [0, 0.05) is 11.8 Å². The van der Waals surface area contributed by atoms with Crippen LogP contribution in [0, 0.1) is 11.6 Å². The molecule has 28 heavy (non-hydrogen) atoms. The van der Waals surface area contributed by atoms with Crippen molar-refractivity contribution in [3.8, 4) is 0 Å². The SMILES string of the molecule is CCC1(CC)OC(c2ccc(S(C)(=O)=O)cc2)=C(c2ccc(F)c(F)c2)C1=O. The van der Waals surface area contributed by atoms with Crippen LogP contribution in [0.2, 0.25) is 0 Å². The number of ether oxygens (including phenoxy) is 1. The minimum Gasteiger partial charge on any atom is -0.478 e. The van der Waals surface area contributed by atoms with Crippen molar-refractivity contribution in [1.29, 1.82) is 0 Å². The van der Waals surface area contributed by atoms with Crippen LogP contribution in [0.4, 0.5) is 8.78 Å². The van der Waals surface area contributed by atoms with Crippen LogP contribution in [-0.2, 0) is 19.4 Å². The fraction of sp³-hybridized carbons (Fsp3) is 0.286. The van der Waals surface area contributed by atoms with Gasteiger partial charge in [0.2, 0.25) is 5.78 Å². The number of sulfone groups is 1. The molecule has 0 amide bonds. The molecule has 0 spiro atoms. The van der Waals surface area contributed by atoms with E-state index >= 15 is 0 Å². The Morgan fingerprint density at radius 1 is 0.929 bits per heavy atom. The van der Waals surface area contributed by atoms with Gasteiger partial charge in [-0.25, -0.2) is 17.2 Å². The number of carbonyl (C=O) groups is 1. The molecule has 1 heterocycles. The molecule has 7 heteroatoms. The van der Waals surface area contributed by atoms with Gasteiger partial charge in [-0.2, -0.15) is 0 Å². The zero-order chi connectivity index (χ0) is 20.7. The minimum atomic E-state index is -3.38. The molecule has 0 atom stereocenters. The molecule has 0 unspecified atom stereocenters. The summed E-state index contributed by atoms with van der Waals surface area (Å²) in [7, 11) is -3.38. The Labute approximate surface area is 162 Å². The van der Waals surface area contributed by atoms with Crippen LogP contribution in [-0.4, -0.2) is 26.1 Å². The van der Waals surface area contributed by atoms with Gasteiger partial charge in [-0.15, -0.1) is 0 Å². The van der Waals surface area contributed by atoms with Crippen LogP contribution in [0.15, 0.2) is 47.4 Å². The van der Waals surface area contributed by atoms with Crippen LogP contribution in [0.5, 0.6) is 0 Å². The highest BCUT2D eigenvalue weighted by Crippen LogP contribution is 2.44. The largest absolute Gasteiger partial charge is 0.478 e. The standard InChI is InChI=1S/C21H20F2O4S/c1-4-21(5-2)20(24)18(14-8-11-16(22)17(23)12-14)19(27-21)13-6-9-15(10-7-13)28(3,25)26/h6-12H,4-5H2,1-3H3. The zero-order valence-electron chi connectivity index (χ0n) is 15.8. The van der Waals surface area contributed by atoms with Crippen molar-refractivity contribution in [1.82, 2.24) is 0 Å². The third-order valence-corrected chi connectivity index (χ3v) is 6.19. The first-order valence-electron chi connectivity index (χ1n) is 8.87. The number of benzene rings is 2. The molecule has 4 nitrogen and oxygen atoms in total. The molecule has 3 rings (SSSR count). The molecule has 2 aromatic carbocycles. The average molecular weight is 406 g/mol. The van der Waals surface area contributed by atoms with Crippen LogP contribution < -0.4 is 0 Å². The summed E-state index contributed by atoms with van der Waals surface area (Å²) in [5, 5.41) is 0. The lowest BCUT2D eigenvalue weighted by Gasteiger charge is -2.25. The smallest absolute Gasteiger partial charge is 0.210 e. The minimum absolute atomic E-state index is 0.132. The molecular formula is C21H20F2O4S.